The van der Waals surface area contributed by atoms with Crippen molar-refractivity contribution in [1.82, 2.24) is 15.6 Å². The number of carbonyl (C=O) groups is 2. The molecule has 1 aromatic carbocycles. The molecule has 1 atom stereocenters. The number of hydrogen-bond acceptors (Lipinski definition) is 3. The molecule has 28 heavy (non-hydrogen) atoms. The molecule has 2 amide bonds. The van der Waals surface area contributed by atoms with Crippen LogP contribution in [0.4, 0.5) is 4.79 Å². The molecule has 1 fully saturated rings. The second-order valence-corrected chi connectivity index (χ2v) is 9.21. The first kappa shape index (κ1) is 20.5. The number of halogens is 1. The predicted molar refractivity (Wildman–Crippen MR) is 111 cm³/mol. The number of amides is 2. The van der Waals surface area contributed by atoms with Gasteiger partial charge in [-0.2, -0.15) is 0 Å². The largest absolute Gasteiger partial charge is 0.444 e. The maximum absolute atomic E-state index is 12.7. The summed E-state index contributed by atoms with van der Waals surface area (Å²) in [5.41, 5.74) is 0.777. The van der Waals surface area contributed by atoms with Gasteiger partial charge < -0.3 is 20.4 Å². The van der Waals surface area contributed by atoms with E-state index in [0.29, 0.717) is 17.5 Å². The molecule has 1 aliphatic carbocycles. The number of alkyl carbamates (subject to hydrolysis) is 1. The van der Waals surface area contributed by atoms with E-state index in [1.807, 2.05) is 52.1 Å². The minimum Gasteiger partial charge on any atom is -0.444 e. The summed E-state index contributed by atoms with van der Waals surface area (Å²) >= 11 is 6.02. The topological polar surface area (TPSA) is 83.2 Å². The fourth-order valence-corrected chi connectivity index (χ4v) is 3.59. The van der Waals surface area contributed by atoms with Crippen molar-refractivity contribution in [2.24, 2.45) is 5.92 Å². The lowest BCUT2D eigenvalue weighted by molar-refractivity contribution is -0.122. The van der Waals surface area contributed by atoms with E-state index in [1.165, 1.54) is 0 Å². The van der Waals surface area contributed by atoms with Gasteiger partial charge >= 0.3 is 6.09 Å². The van der Waals surface area contributed by atoms with Gasteiger partial charge in [-0.3, -0.25) is 4.79 Å². The number of nitrogens with one attached hydrogen (secondary N) is 3. The quantitative estimate of drug-likeness (QED) is 0.674. The van der Waals surface area contributed by atoms with Gasteiger partial charge in [0, 0.05) is 28.7 Å². The van der Waals surface area contributed by atoms with Gasteiger partial charge in [0.05, 0.1) is 12.0 Å². The number of rotatable bonds is 6. The number of aromatic amines is 1. The van der Waals surface area contributed by atoms with Crippen LogP contribution in [-0.4, -0.2) is 34.7 Å². The normalized spacial score (nSPS) is 16.5. The van der Waals surface area contributed by atoms with E-state index in [2.05, 4.69) is 15.6 Å². The van der Waals surface area contributed by atoms with Crippen molar-refractivity contribution < 1.29 is 14.3 Å². The second kappa shape index (κ2) is 7.66. The van der Waals surface area contributed by atoms with E-state index in [4.69, 9.17) is 16.3 Å². The number of aromatic nitrogens is 1. The Morgan fingerprint density at radius 2 is 1.96 bits per heavy atom. The molecule has 0 radical (unpaired) electrons. The van der Waals surface area contributed by atoms with Crippen molar-refractivity contribution in [3.05, 3.63) is 35.0 Å². The van der Waals surface area contributed by atoms with E-state index >= 15 is 0 Å². The molecule has 7 heteroatoms. The van der Waals surface area contributed by atoms with E-state index in [-0.39, 0.29) is 12.3 Å². The minimum atomic E-state index is -0.554. The number of carbonyl (C=O) groups excluding carboxylic acids is 2. The van der Waals surface area contributed by atoms with Crippen LogP contribution >= 0.6 is 11.6 Å². The average molecular weight is 406 g/mol. The zero-order valence-corrected chi connectivity index (χ0v) is 17.6. The molecular weight excluding hydrogens is 378 g/mol. The first-order valence-corrected chi connectivity index (χ1v) is 9.97. The third kappa shape index (κ3) is 5.19. The Balaban J connectivity index is 1.63. The van der Waals surface area contributed by atoms with Gasteiger partial charge in [-0.05, 0) is 64.2 Å². The molecule has 1 aromatic heterocycles. The summed E-state index contributed by atoms with van der Waals surface area (Å²) < 4.78 is 5.30. The Labute approximate surface area is 170 Å². The van der Waals surface area contributed by atoms with Crippen molar-refractivity contribution in [2.45, 2.75) is 58.1 Å². The number of benzene rings is 1. The van der Waals surface area contributed by atoms with E-state index in [1.54, 1.807) is 0 Å². The molecule has 3 rings (SSSR count). The molecule has 1 saturated carbocycles. The Bertz CT molecular complexity index is 883. The maximum Gasteiger partial charge on any atom is 0.407 e. The third-order valence-electron chi connectivity index (χ3n) is 4.98. The Kier molecular flexibility index (Phi) is 5.62. The van der Waals surface area contributed by atoms with Gasteiger partial charge in [0.2, 0.25) is 5.91 Å². The molecule has 0 saturated heterocycles. The van der Waals surface area contributed by atoms with Gasteiger partial charge in [-0.15, -0.1) is 0 Å². The van der Waals surface area contributed by atoms with Crippen LogP contribution in [0.5, 0.6) is 0 Å². The van der Waals surface area contributed by atoms with Gasteiger partial charge in [0.25, 0.3) is 0 Å². The molecule has 2 aromatic rings. The van der Waals surface area contributed by atoms with Crippen molar-refractivity contribution in [3.8, 4) is 0 Å². The predicted octanol–water partition coefficient (Wildman–Crippen LogP) is 4.17. The van der Waals surface area contributed by atoms with Crippen molar-refractivity contribution >= 4 is 34.5 Å². The second-order valence-electron chi connectivity index (χ2n) is 8.78. The van der Waals surface area contributed by atoms with E-state index < -0.39 is 17.2 Å². The lowest BCUT2D eigenvalue weighted by Crippen LogP contribution is -2.56. The molecular formula is C21H28ClN3O3. The van der Waals surface area contributed by atoms with Gasteiger partial charge in [-0.1, -0.05) is 17.7 Å². The van der Waals surface area contributed by atoms with E-state index in [0.717, 1.165) is 29.3 Å². The van der Waals surface area contributed by atoms with Crippen LogP contribution in [0.15, 0.2) is 24.4 Å². The van der Waals surface area contributed by atoms with Crippen molar-refractivity contribution in [1.29, 1.82) is 0 Å². The molecule has 0 spiro atoms. The van der Waals surface area contributed by atoms with Crippen LogP contribution < -0.4 is 10.6 Å². The summed E-state index contributed by atoms with van der Waals surface area (Å²) in [7, 11) is 0. The van der Waals surface area contributed by atoms with Gasteiger partial charge in [0.15, 0.2) is 0 Å². The fourth-order valence-electron chi connectivity index (χ4n) is 3.42. The zero-order valence-electron chi connectivity index (χ0n) is 16.8. The van der Waals surface area contributed by atoms with Crippen molar-refractivity contribution in [2.75, 3.05) is 6.54 Å². The summed E-state index contributed by atoms with van der Waals surface area (Å²) in [5.74, 6) is 0.282. The molecule has 0 bridgehead atoms. The number of ether oxygens (including phenoxy) is 1. The lowest BCUT2D eigenvalue weighted by atomic mass is 9.95. The van der Waals surface area contributed by atoms with Crippen LogP contribution in [0.25, 0.3) is 10.9 Å². The highest BCUT2D eigenvalue weighted by Gasteiger charge is 2.43. The molecule has 1 aliphatic rings. The standard InChI is InChI=1S/C21H28ClN3O3/c1-20(2,3)28-19(27)24-12-21(4,14-5-6-14)25-18(26)9-13-11-23-17-10-15(22)7-8-16(13)17/h7-8,10-11,14,23H,5-6,9,12H2,1-4H3,(H,24,27)(H,25,26). The molecule has 0 aliphatic heterocycles. The van der Waals surface area contributed by atoms with Crippen LogP contribution in [0.3, 0.4) is 0 Å². The number of hydrogen-bond donors (Lipinski definition) is 3. The van der Waals surface area contributed by atoms with Crippen LogP contribution in [-0.2, 0) is 16.0 Å². The monoisotopic (exact) mass is 405 g/mol. The summed E-state index contributed by atoms with van der Waals surface area (Å²) in [6.07, 6.45) is 3.71. The van der Waals surface area contributed by atoms with Gasteiger partial charge in [-0.25, -0.2) is 4.79 Å². The SMILES string of the molecule is CC(C)(C)OC(=O)NCC(C)(NC(=O)Cc1c[nH]c2cc(Cl)ccc12)C1CC1. The maximum atomic E-state index is 12.7. The van der Waals surface area contributed by atoms with Crippen LogP contribution in [0.2, 0.25) is 5.02 Å². The van der Waals surface area contributed by atoms with Crippen LogP contribution in [0, 0.1) is 5.92 Å². The Morgan fingerprint density at radius 1 is 1.25 bits per heavy atom. The average Bonchev–Trinajstić information content (AvgIpc) is 3.36. The summed E-state index contributed by atoms with van der Waals surface area (Å²) in [6.45, 7) is 7.78. The Hall–Kier alpha value is -2.21. The van der Waals surface area contributed by atoms with Gasteiger partial charge in [0.1, 0.15) is 5.60 Å². The van der Waals surface area contributed by atoms with Crippen LogP contribution in [0.1, 0.15) is 46.1 Å². The highest BCUT2D eigenvalue weighted by molar-refractivity contribution is 6.31. The molecule has 152 valence electrons. The first-order valence-electron chi connectivity index (χ1n) is 9.59. The van der Waals surface area contributed by atoms with E-state index in [9.17, 15) is 9.59 Å². The molecule has 1 heterocycles. The fraction of sp³-hybridized carbons (Fsp3) is 0.524. The first-order chi connectivity index (χ1) is 13.1. The number of fused-ring (bicyclic) bond motifs is 1. The highest BCUT2D eigenvalue weighted by atomic mass is 35.5. The number of H-pyrrole nitrogens is 1. The lowest BCUT2D eigenvalue weighted by Gasteiger charge is -2.32. The summed E-state index contributed by atoms with van der Waals surface area (Å²) in [4.78, 5) is 27.9. The smallest absolute Gasteiger partial charge is 0.407 e. The molecule has 3 N–H and O–H groups in total. The molecule has 1 unspecified atom stereocenters. The molecule has 6 nitrogen and oxygen atoms in total. The van der Waals surface area contributed by atoms with Crippen molar-refractivity contribution in [3.63, 3.8) is 0 Å². The Morgan fingerprint density at radius 3 is 2.61 bits per heavy atom. The third-order valence-corrected chi connectivity index (χ3v) is 5.22. The highest BCUT2D eigenvalue weighted by Crippen LogP contribution is 2.39. The summed E-state index contributed by atoms with van der Waals surface area (Å²) in [5, 5.41) is 7.58. The zero-order chi connectivity index (χ0) is 20.5. The minimum absolute atomic E-state index is 0.0729. The summed E-state index contributed by atoms with van der Waals surface area (Å²) in [6, 6.07) is 5.58.